The predicted octanol–water partition coefficient (Wildman–Crippen LogP) is 3.46. The summed E-state index contributed by atoms with van der Waals surface area (Å²) in [6.45, 7) is 3.97. The minimum atomic E-state index is -0.895. The molecule has 1 aliphatic heterocycles. The quantitative estimate of drug-likeness (QED) is 0.888. The molecule has 4 heteroatoms. The molecule has 0 aromatic heterocycles. The first-order valence-corrected chi connectivity index (χ1v) is 7.82. The lowest BCUT2D eigenvalue weighted by atomic mass is 9.79. The maximum absolute atomic E-state index is 11.3. The third-order valence-electron chi connectivity index (χ3n) is 4.59. The number of carboxylic acids is 1. The third kappa shape index (κ3) is 3.22. The van der Waals surface area contributed by atoms with E-state index in [1.807, 2.05) is 37.3 Å². The van der Waals surface area contributed by atoms with Crippen LogP contribution in [-0.4, -0.2) is 30.8 Å². The average Bonchev–Trinajstić information content (AvgIpc) is 3.05. The number of aryl methyl sites for hydroxylation is 1. The number of anilines is 1. The maximum atomic E-state index is 11.3. The first-order chi connectivity index (χ1) is 11.1. The van der Waals surface area contributed by atoms with Gasteiger partial charge in [0.05, 0.1) is 12.2 Å². The molecule has 120 valence electrons. The van der Waals surface area contributed by atoms with Crippen molar-refractivity contribution in [2.24, 2.45) is 0 Å². The lowest BCUT2D eigenvalue weighted by molar-refractivity contribution is 0.0696. The van der Waals surface area contributed by atoms with Crippen molar-refractivity contribution in [3.05, 3.63) is 65.2 Å². The van der Waals surface area contributed by atoms with Gasteiger partial charge in [-0.3, -0.25) is 0 Å². The molecule has 1 heterocycles. The van der Waals surface area contributed by atoms with Crippen molar-refractivity contribution in [2.75, 3.05) is 25.1 Å². The highest BCUT2D eigenvalue weighted by atomic mass is 16.5. The Labute approximate surface area is 136 Å². The van der Waals surface area contributed by atoms with Gasteiger partial charge in [0.2, 0.25) is 0 Å². The highest BCUT2D eigenvalue weighted by Crippen LogP contribution is 2.33. The van der Waals surface area contributed by atoms with Crippen LogP contribution in [0.2, 0.25) is 0 Å². The van der Waals surface area contributed by atoms with E-state index in [9.17, 15) is 9.90 Å². The second-order valence-electron chi connectivity index (χ2n) is 6.14. The first-order valence-electron chi connectivity index (χ1n) is 7.82. The summed E-state index contributed by atoms with van der Waals surface area (Å²) in [5.74, 6) is -0.895. The van der Waals surface area contributed by atoms with Gasteiger partial charge < -0.3 is 15.2 Å². The number of carbonyl (C=O) groups is 1. The summed E-state index contributed by atoms with van der Waals surface area (Å²) in [5, 5.41) is 12.7. The minimum absolute atomic E-state index is 0.0600. The summed E-state index contributed by atoms with van der Waals surface area (Å²) in [6, 6.07) is 15.8. The average molecular weight is 311 g/mol. The van der Waals surface area contributed by atoms with E-state index in [0.29, 0.717) is 12.2 Å². The van der Waals surface area contributed by atoms with Crippen LogP contribution >= 0.6 is 0 Å². The zero-order valence-electron chi connectivity index (χ0n) is 13.2. The zero-order valence-corrected chi connectivity index (χ0v) is 13.2. The van der Waals surface area contributed by atoms with Crippen LogP contribution in [0.4, 0.5) is 5.69 Å². The number of ether oxygens (including phenoxy) is 1. The van der Waals surface area contributed by atoms with Gasteiger partial charge >= 0.3 is 5.97 Å². The van der Waals surface area contributed by atoms with Gasteiger partial charge in [0.15, 0.2) is 0 Å². The molecular formula is C19H21NO3. The van der Waals surface area contributed by atoms with E-state index in [0.717, 1.165) is 30.8 Å². The van der Waals surface area contributed by atoms with E-state index in [4.69, 9.17) is 4.74 Å². The smallest absolute Gasteiger partial charge is 0.336 e. The van der Waals surface area contributed by atoms with Gasteiger partial charge in [0.25, 0.3) is 0 Å². The second-order valence-corrected chi connectivity index (χ2v) is 6.14. The molecule has 0 radical (unpaired) electrons. The van der Waals surface area contributed by atoms with Crippen molar-refractivity contribution in [2.45, 2.75) is 18.8 Å². The zero-order chi connectivity index (χ0) is 16.3. The Morgan fingerprint density at radius 2 is 2.04 bits per heavy atom. The lowest BCUT2D eigenvalue weighted by Gasteiger charge is -2.29. The molecule has 0 bridgehead atoms. The van der Waals surface area contributed by atoms with Gasteiger partial charge in [-0.2, -0.15) is 0 Å². The Hall–Kier alpha value is -2.33. The van der Waals surface area contributed by atoms with Crippen molar-refractivity contribution in [3.63, 3.8) is 0 Å². The number of benzene rings is 2. The van der Waals surface area contributed by atoms with Gasteiger partial charge in [0.1, 0.15) is 0 Å². The van der Waals surface area contributed by atoms with Crippen LogP contribution in [0.3, 0.4) is 0 Å². The standard InChI is InChI=1S/C19H21NO3/c1-14-7-8-16(11-17(14)18(21)22)20-12-19(9-10-23-13-19)15-5-3-2-4-6-15/h2-8,11,20H,9-10,12-13H2,1H3,(H,21,22). The molecule has 0 spiro atoms. The van der Waals surface area contributed by atoms with Crippen molar-refractivity contribution < 1.29 is 14.6 Å². The molecule has 1 fully saturated rings. The molecule has 3 rings (SSSR count). The number of hydrogen-bond acceptors (Lipinski definition) is 3. The largest absolute Gasteiger partial charge is 0.478 e. The van der Waals surface area contributed by atoms with Crippen LogP contribution < -0.4 is 5.32 Å². The summed E-state index contributed by atoms with van der Waals surface area (Å²) in [7, 11) is 0. The first kappa shape index (κ1) is 15.6. The Balaban J connectivity index is 1.81. The molecule has 4 nitrogen and oxygen atoms in total. The summed E-state index contributed by atoms with van der Waals surface area (Å²) in [4.78, 5) is 11.3. The highest BCUT2D eigenvalue weighted by molar-refractivity contribution is 5.90. The number of carboxylic acid groups (broad SMARTS) is 1. The van der Waals surface area contributed by atoms with Crippen LogP contribution in [0.5, 0.6) is 0 Å². The van der Waals surface area contributed by atoms with E-state index in [2.05, 4.69) is 17.4 Å². The molecular weight excluding hydrogens is 290 g/mol. The number of rotatable bonds is 5. The summed E-state index contributed by atoms with van der Waals surface area (Å²) in [5.41, 5.74) is 3.14. The molecule has 1 unspecified atom stereocenters. The topological polar surface area (TPSA) is 58.6 Å². The fourth-order valence-corrected chi connectivity index (χ4v) is 3.10. The SMILES string of the molecule is Cc1ccc(NCC2(c3ccccc3)CCOC2)cc1C(=O)O. The van der Waals surface area contributed by atoms with Crippen molar-refractivity contribution >= 4 is 11.7 Å². The van der Waals surface area contributed by atoms with Crippen LogP contribution in [-0.2, 0) is 10.2 Å². The molecule has 0 amide bonds. The minimum Gasteiger partial charge on any atom is -0.478 e. The number of nitrogens with one attached hydrogen (secondary N) is 1. The van der Waals surface area contributed by atoms with Crippen LogP contribution in [0.1, 0.15) is 27.9 Å². The Morgan fingerprint density at radius 3 is 2.70 bits per heavy atom. The molecule has 1 atom stereocenters. The maximum Gasteiger partial charge on any atom is 0.336 e. The van der Waals surface area contributed by atoms with Crippen LogP contribution in [0.15, 0.2) is 48.5 Å². The van der Waals surface area contributed by atoms with Gasteiger partial charge in [-0.05, 0) is 36.6 Å². The van der Waals surface area contributed by atoms with Gasteiger partial charge in [0, 0.05) is 24.3 Å². The molecule has 2 aromatic rings. The highest BCUT2D eigenvalue weighted by Gasteiger charge is 2.36. The number of aromatic carboxylic acids is 1. The predicted molar refractivity (Wildman–Crippen MR) is 90.2 cm³/mol. The van der Waals surface area contributed by atoms with Crippen molar-refractivity contribution in [1.82, 2.24) is 0 Å². The van der Waals surface area contributed by atoms with Crippen molar-refractivity contribution in [3.8, 4) is 0 Å². The molecule has 2 N–H and O–H groups in total. The Bertz CT molecular complexity index is 691. The van der Waals surface area contributed by atoms with Gasteiger partial charge in [-0.25, -0.2) is 4.79 Å². The summed E-state index contributed by atoms with van der Waals surface area (Å²) in [6.07, 6.45) is 0.960. The number of hydrogen-bond donors (Lipinski definition) is 2. The van der Waals surface area contributed by atoms with Crippen LogP contribution in [0.25, 0.3) is 0 Å². The fourth-order valence-electron chi connectivity index (χ4n) is 3.10. The third-order valence-corrected chi connectivity index (χ3v) is 4.59. The Morgan fingerprint density at radius 1 is 1.26 bits per heavy atom. The molecule has 1 aliphatic rings. The normalized spacial score (nSPS) is 20.4. The van der Waals surface area contributed by atoms with E-state index < -0.39 is 5.97 Å². The van der Waals surface area contributed by atoms with Crippen molar-refractivity contribution in [1.29, 1.82) is 0 Å². The van der Waals surface area contributed by atoms with E-state index in [1.54, 1.807) is 6.07 Å². The van der Waals surface area contributed by atoms with E-state index in [1.165, 1.54) is 5.56 Å². The Kier molecular flexibility index (Phi) is 4.35. The molecule has 0 aliphatic carbocycles. The summed E-state index contributed by atoms with van der Waals surface area (Å²) < 4.78 is 5.65. The molecule has 23 heavy (non-hydrogen) atoms. The molecule has 0 saturated carbocycles. The molecule has 1 saturated heterocycles. The summed E-state index contributed by atoms with van der Waals surface area (Å²) >= 11 is 0. The monoisotopic (exact) mass is 311 g/mol. The van der Waals surface area contributed by atoms with Gasteiger partial charge in [-0.15, -0.1) is 0 Å². The van der Waals surface area contributed by atoms with Gasteiger partial charge in [-0.1, -0.05) is 36.4 Å². The van der Waals surface area contributed by atoms with Crippen LogP contribution in [0, 0.1) is 6.92 Å². The van der Waals surface area contributed by atoms with E-state index in [-0.39, 0.29) is 5.41 Å². The second kappa shape index (κ2) is 6.42. The fraction of sp³-hybridized carbons (Fsp3) is 0.316. The van der Waals surface area contributed by atoms with E-state index >= 15 is 0 Å². The lowest BCUT2D eigenvalue weighted by Crippen LogP contribution is -2.35. The molecule has 2 aromatic carbocycles.